The van der Waals surface area contributed by atoms with Crippen LogP contribution in [0.4, 0.5) is 5.95 Å². The lowest BCUT2D eigenvalue weighted by molar-refractivity contribution is 0.0526. The largest absolute Gasteiger partial charge is 0.462 e. The van der Waals surface area contributed by atoms with Gasteiger partial charge < -0.3 is 9.15 Å². The molecule has 0 spiro atoms. The Hall–Kier alpha value is -3.20. The molecule has 0 aliphatic heterocycles. The molecular formula is C15H12ClN6O3-. The predicted octanol–water partition coefficient (Wildman–Crippen LogP) is 3.33. The number of aromatic nitrogens is 4. The van der Waals surface area contributed by atoms with Crippen molar-refractivity contribution in [1.29, 1.82) is 0 Å². The first-order valence-electron chi connectivity index (χ1n) is 7.21. The van der Waals surface area contributed by atoms with E-state index < -0.39 is 5.97 Å². The van der Waals surface area contributed by atoms with Crippen LogP contribution in [0.25, 0.3) is 16.7 Å². The first-order chi connectivity index (χ1) is 12.2. The van der Waals surface area contributed by atoms with Crippen molar-refractivity contribution in [1.82, 2.24) is 20.6 Å². The molecule has 1 aromatic carbocycles. The molecule has 0 radical (unpaired) electrons. The van der Waals surface area contributed by atoms with Gasteiger partial charge in [0.1, 0.15) is 11.5 Å². The highest BCUT2D eigenvalue weighted by Gasteiger charge is 2.14. The van der Waals surface area contributed by atoms with Crippen molar-refractivity contribution in [2.45, 2.75) is 6.92 Å². The summed E-state index contributed by atoms with van der Waals surface area (Å²) in [6.07, 6.45) is 1.40. The fraction of sp³-hybridized carbons (Fsp3) is 0.133. The summed E-state index contributed by atoms with van der Waals surface area (Å²) in [4.78, 5) is 11.9. The average molecular weight is 360 g/mol. The third-order valence-electron chi connectivity index (χ3n) is 3.04. The predicted molar refractivity (Wildman–Crippen MR) is 89.9 cm³/mol. The number of tetrazole rings is 1. The molecule has 128 valence electrons. The lowest BCUT2D eigenvalue weighted by Crippen LogP contribution is -2.05. The average Bonchev–Trinajstić information content (AvgIpc) is 3.27. The van der Waals surface area contributed by atoms with Crippen LogP contribution in [0.1, 0.15) is 23.0 Å². The Balaban J connectivity index is 1.76. The van der Waals surface area contributed by atoms with Crippen LogP contribution < -0.4 is 0 Å². The fourth-order valence-corrected chi connectivity index (χ4v) is 2.15. The topological polar surface area (TPSA) is 120 Å². The number of nitrogens with one attached hydrogen (secondary N) is 1. The Morgan fingerprint density at radius 3 is 3.08 bits per heavy atom. The number of nitrogens with zero attached hydrogens (tertiary/aromatic N) is 5. The molecule has 3 rings (SSSR count). The first-order valence-corrected chi connectivity index (χ1v) is 7.59. The molecule has 0 atom stereocenters. The van der Waals surface area contributed by atoms with Crippen molar-refractivity contribution in [3.8, 4) is 11.3 Å². The third-order valence-corrected chi connectivity index (χ3v) is 3.37. The van der Waals surface area contributed by atoms with Gasteiger partial charge in [-0.1, -0.05) is 11.6 Å². The zero-order valence-electron chi connectivity index (χ0n) is 13.0. The number of carbonyl (C=O) groups excluding carboxylic acids is 1. The maximum atomic E-state index is 11.9. The highest BCUT2D eigenvalue weighted by atomic mass is 35.5. The summed E-state index contributed by atoms with van der Waals surface area (Å²) in [5, 5.41) is 17.0. The van der Waals surface area contributed by atoms with Crippen LogP contribution in [0.3, 0.4) is 0 Å². The maximum absolute atomic E-state index is 11.9. The Labute approximate surface area is 147 Å². The standard InChI is InChI=1S/C15H12ClN6O3/c1-2-24-14(23)11-7-9(3-5-12(11)16)13-6-4-10(25-13)8-17-18-15-19-21-22-20-15/h3-8H,2H2,1H3,(H-,18,19,20,21,22)/q-1/b17-8-. The van der Waals surface area contributed by atoms with Gasteiger partial charge in [-0.25, -0.2) is 9.90 Å². The minimum atomic E-state index is -0.485. The van der Waals surface area contributed by atoms with Gasteiger partial charge in [0.25, 0.3) is 0 Å². The van der Waals surface area contributed by atoms with Crippen molar-refractivity contribution in [3.63, 3.8) is 0 Å². The number of halogens is 1. The molecule has 9 nitrogen and oxygen atoms in total. The molecule has 25 heavy (non-hydrogen) atoms. The van der Waals surface area contributed by atoms with Crippen molar-refractivity contribution in [2.75, 3.05) is 6.61 Å². The lowest BCUT2D eigenvalue weighted by atomic mass is 10.1. The molecule has 0 aliphatic carbocycles. The van der Waals surface area contributed by atoms with Gasteiger partial charge in [-0.2, -0.15) is 0 Å². The molecule has 0 fully saturated rings. The molecule has 0 unspecified atom stereocenters. The number of hydrogen-bond acceptors (Lipinski definition) is 7. The molecule has 0 bridgehead atoms. The minimum Gasteiger partial charge on any atom is -0.462 e. The second-order valence-corrected chi connectivity index (χ2v) is 5.08. The SMILES string of the molecule is CCOC(=O)c1cc(-c2ccc(/C=N\[N-]c3nn[nH]n3)o2)ccc1Cl. The van der Waals surface area contributed by atoms with Crippen molar-refractivity contribution < 1.29 is 13.9 Å². The van der Waals surface area contributed by atoms with Crippen LogP contribution in [0, 0.1) is 0 Å². The number of aromatic amines is 1. The highest BCUT2D eigenvalue weighted by Crippen LogP contribution is 2.27. The summed E-state index contributed by atoms with van der Waals surface area (Å²) < 4.78 is 10.6. The Kier molecular flexibility index (Phi) is 5.05. The number of benzene rings is 1. The number of hydrogen-bond donors (Lipinski definition) is 1. The Morgan fingerprint density at radius 1 is 1.44 bits per heavy atom. The van der Waals surface area contributed by atoms with Gasteiger partial charge in [-0.3, -0.25) is 20.8 Å². The van der Waals surface area contributed by atoms with E-state index in [-0.39, 0.29) is 18.1 Å². The summed E-state index contributed by atoms with van der Waals surface area (Å²) in [5.74, 6) is 0.638. The third kappa shape index (κ3) is 4.01. The molecule has 1 N–H and O–H groups in total. The summed E-state index contributed by atoms with van der Waals surface area (Å²) in [6.45, 7) is 2.00. The fourth-order valence-electron chi connectivity index (χ4n) is 1.96. The van der Waals surface area contributed by atoms with E-state index in [1.54, 1.807) is 37.3 Å². The summed E-state index contributed by atoms with van der Waals surface area (Å²) in [6, 6.07) is 8.43. The van der Waals surface area contributed by atoms with E-state index >= 15 is 0 Å². The molecule has 0 amide bonds. The highest BCUT2D eigenvalue weighted by molar-refractivity contribution is 6.33. The first kappa shape index (κ1) is 16.7. The Bertz CT molecular complexity index is 891. The lowest BCUT2D eigenvalue weighted by Gasteiger charge is -2.05. The van der Waals surface area contributed by atoms with E-state index in [4.69, 9.17) is 20.8 Å². The summed E-state index contributed by atoms with van der Waals surface area (Å²) in [7, 11) is 0. The number of ether oxygens (including phenoxy) is 1. The number of rotatable bonds is 6. The molecular weight excluding hydrogens is 348 g/mol. The van der Waals surface area contributed by atoms with Gasteiger partial charge in [0.15, 0.2) is 0 Å². The van der Waals surface area contributed by atoms with Crippen LogP contribution in [0.15, 0.2) is 39.9 Å². The van der Waals surface area contributed by atoms with Crippen LogP contribution in [0.2, 0.25) is 5.02 Å². The van der Waals surface area contributed by atoms with Gasteiger partial charge in [-0.15, -0.1) is 5.21 Å². The second-order valence-electron chi connectivity index (χ2n) is 4.67. The van der Waals surface area contributed by atoms with Crippen LogP contribution in [-0.4, -0.2) is 39.4 Å². The number of H-pyrrole nitrogens is 1. The van der Waals surface area contributed by atoms with Crippen molar-refractivity contribution >= 4 is 29.7 Å². The monoisotopic (exact) mass is 359 g/mol. The molecule has 0 aliphatic rings. The van der Waals surface area contributed by atoms with Gasteiger partial charge in [0.05, 0.1) is 29.4 Å². The number of furan rings is 1. The molecule has 3 aromatic rings. The molecule has 0 saturated carbocycles. The van der Waals surface area contributed by atoms with Gasteiger partial charge in [0.2, 0.25) is 0 Å². The van der Waals surface area contributed by atoms with E-state index in [1.165, 1.54) is 6.21 Å². The maximum Gasteiger partial charge on any atom is 0.339 e. The molecule has 10 heteroatoms. The second kappa shape index (κ2) is 7.58. The minimum absolute atomic E-state index is 0.111. The van der Waals surface area contributed by atoms with Gasteiger partial charge >= 0.3 is 5.97 Å². The summed E-state index contributed by atoms with van der Waals surface area (Å²) >= 11 is 6.05. The normalized spacial score (nSPS) is 11.0. The van der Waals surface area contributed by atoms with E-state index in [2.05, 4.69) is 31.2 Å². The van der Waals surface area contributed by atoms with E-state index in [0.29, 0.717) is 22.1 Å². The molecule has 2 heterocycles. The zero-order valence-corrected chi connectivity index (χ0v) is 13.8. The van der Waals surface area contributed by atoms with E-state index in [0.717, 1.165) is 0 Å². The number of esters is 1. The smallest absolute Gasteiger partial charge is 0.339 e. The van der Waals surface area contributed by atoms with Crippen molar-refractivity contribution in [2.24, 2.45) is 5.10 Å². The summed E-state index contributed by atoms with van der Waals surface area (Å²) in [5.41, 5.74) is 4.69. The molecule has 2 aromatic heterocycles. The molecule has 0 saturated heterocycles. The number of carbonyl (C=O) groups is 1. The van der Waals surface area contributed by atoms with Crippen LogP contribution >= 0.6 is 11.6 Å². The van der Waals surface area contributed by atoms with Crippen LogP contribution in [0.5, 0.6) is 0 Å². The van der Waals surface area contributed by atoms with E-state index in [1.807, 2.05) is 0 Å². The zero-order chi connectivity index (χ0) is 17.6. The van der Waals surface area contributed by atoms with Crippen LogP contribution in [-0.2, 0) is 4.74 Å². The van der Waals surface area contributed by atoms with Gasteiger partial charge in [0, 0.05) is 5.56 Å². The van der Waals surface area contributed by atoms with Crippen molar-refractivity contribution in [3.05, 3.63) is 52.1 Å². The quantitative estimate of drug-likeness (QED) is 0.409. The van der Waals surface area contributed by atoms with Gasteiger partial charge in [-0.05, 0) is 37.3 Å². The Morgan fingerprint density at radius 2 is 2.32 bits per heavy atom. The van der Waals surface area contributed by atoms with E-state index in [9.17, 15) is 4.79 Å².